The van der Waals surface area contributed by atoms with E-state index >= 15 is 0 Å². The van der Waals surface area contributed by atoms with Crippen molar-refractivity contribution in [1.82, 2.24) is 0 Å². The van der Waals surface area contributed by atoms with Gasteiger partial charge < -0.3 is 9.84 Å². The minimum atomic E-state index is -0.0623. The zero-order valence-electron chi connectivity index (χ0n) is 6.36. The van der Waals surface area contributed by atoms with E-state index in [1.54, 1.807) is 12.1 Å². The van der Waals surface area contributed by atoms with Crippen molar-refractivity contribution < 1.29 is 14.6 Å². The van der Waals surface area contributed by atoms with Crippen LogP contribution in [0.15, 0.2) is 24.8 Å². The molecule has 1 rings (SSSR count). The van der Waals surface area contributed by atoms with Crippen molar-refractivity contribution in [1.29, 1.82) is 0 Å². The Kier molecular flexibility index (Phi) is 2.48. The van der Waals surface area contributed by atoms with Crippen molar-refractivity contribution in [2.75, 3.05) is 0 Å². The van der Waals surface area contributed by atoms with E-state index in [4.69, 9.17) is 5.11 Å². The van der Waals surface area contributed by atoms with E-state index < -0.39 is 0 Å². The first kappa shape index (κ1) is 8.33. The number of carbonyl (C=O) groups excluding carboxylic acids is 1. The molecule has 0 saturated carbocycles. The summed E-state index contributed by atoms with van der Waals surface area (Å²) in [5.74, 6) is 0.0788. The van der Waals surface area contributed by atoms with Gasteiger partial charge in [-0.25, -0.2) is 0 Å². The van der Waals surface area contributed by atoms with Gasteiger partial charge in [0, 0.05) is 0 Å². The molecule has 0 fully saturated rings. The van der Waals surface area contributed by atoms with E-state index in [1.165, 1.54) is 12.1 Å². The third-order valence-electron chi connectivity index (χ3n) is 1.39. The summed E-state index contributed by atoms with van der Waals surface area (Å²) in [5.41, 5.74) is 0.782. The van der Waals surface area contributed by atoms with Crippen molar-refractivity contribution in [2.45, 2.75) is 0 Å². The Morgan fingerprint density at radius 2 is 2.25 bits per heavy atom. The second kappa shape index (κ2) is 3.57. The number of carbonyl (C=O) groups is 1. The molecule has 0 aliphatic rings. The fraction of sp³-hybridized carbons (Fsp3) is 0. The molecule has 0 unspecified atom stereocenters. The highest BCUT2D eigenvalue weighted by Gasteiger charge is 2.00. The van der Waals surface area contributed by atoms with Crippen LogP contribution in [0.4, 0.5) is 0 Å². The zero-order chi connectivity index (χ0) is 8.97. The molecule has 1 N–H and O–H groups in total. The van der Waals surface area contributed by atoms with E-state index in [-0.39, 0.29) is 18.0 Å². The lowest BCUT2D eigenvalue weighted by molar-refractivity contribution is -0.120. The summed E-state index contributed by atoms with van der Waals surface area (Å²) in [7, 11) is 0. The average Bonchev–Trinajstić information content (AvgIpc) is 2.09. The number of hydrogen-bond acceptors (Lipinski definition) is 3. The van der Waals surface area contributed by atoms with E-state index in [0.29, 0.717) is 0 Å². The molecule has 0 bridgehead atoms. The van der Waals surface area contributed by atoms with E-state index in [1.807, 2.05) is 0 Å². The van der Waals surface area contributed by atoms with Gasteiger partial charge in [-0.2, -0.15) is 0 Å². The van der Waals surface area contributed by atoms with Crippen LogP contribution in [0, 0.1) is 0 Å². The predicted molar refractivity (Wildman–Crippen MR) is 44.9 cm³/mol. The lowest BCUT2D eigenvalue weighted by Crippen LogP contribution is -1.89. The normalized spacial score (nSPS) is 9.00. The molecule has 0 spiro atoms. The minimum absolute atomic E-state index is 0.0623. The summed E-state index contributed by atoms with van der Waals surface area (Å²) in [5, 5.41) is 9.14. The highest BCUT2D eigenvalue weighted by atomic mass is 16.5. The van der Waals surface area contributed by atoms with Crippen molar-refractivity contribution in [3.63, 3.8) is 0 Å². The fourth-order valence-electron chi connectivity index (χ4n) is 0.804. The van der Waals surface area contributed by atoms with E-state index in [9.17, 15) is 4.79 Å². The Bertz CT molecular complexity index is 305. The SMILES string of the molecule is C=Cc1ccc(O)c(OC=O)c1. The molecule has 3 heteroatoms. The standard InChI is InChI=1S/C9H8O3/c1-2-7-3-4-8(11)9(5-7)12-6-10/h2-6,11H,1H2. The van der Waals surface area contributed by atoms with Crippen LogP contribution < -0.4 is 4.74 Å². The summed E-state index contributed by atoms with van der Waals surface area (Å²) < 4.78 is 4.50. The Morgan fingerprint density at radius 1 is 1.50 bits per heavy atom. The number of phenolic OH excluding ortho intramolecular Hbond substituents is 1. The largest absolute Gasteiger partial charge is 0.504 e. The number of benzene rings is 1. The van der Waals surface area contributed by atoms with E-state index in [0.717, 1.165) is 5.56 Å². The molecule has 1 aromatic carbocycles. The monoisotopic (exact) mass is 164 g/mol. The molecule has 0 atom stereocenters. The first-order chi connectivity index (χ1) is 5.77. The number of ether oxygens (including phenoxy) is 1. The molecule has 0 saturated heterocycles. The summed E-state index contributed by atoms with van der Waals surface area (Å²) in [6, 6.07) is 4.63. The summed E-state index contributed by atoms with van der Waals surface area (Å²) in [4.78, 5) is 9.97. The molecule has 0 heterocycles. The van der Waals surface area contributed by atoms with Gasteiger partial charge in [-0.1, -0.05) is 18.7 Å². The van der Waals surface area contributed by atoms with Crippen molar-refractivity contribution in [2.24, 2.45) is 0 Å². The van der Waals surface area contributed by atoms with Gasteiger partial charge >= 0.3 is 0 Å². The molecular formula is C9H8O3. The van der Waals surface area contributed by atoms with Gasteiger partial charge in [0.1, 0.15) is 0 Å². The van der Waals surface area contributed by atoms with Gasteiger partial charge in [-0.3, -0.25) is 4.79 Å². The van der Waals surface area contributed by atoms with Crippen LogP contribution in [0.5, 0.6) is 11.5 Å². The van der Waals surface area contributed by atoms with Crippen LogP contribution in [-0.4, -0.2) is 11.6 Å². The second-order valence-electron chi connectivity index (χ2n) is 2.15. The molecule has 0 amide bonds. The molecule has 3 nitrogen and oxygen atoms in total. The van der Waals surface area contributed by atoms with Crippen LogP contribution in [0.25, 0.3) is 6.08 Å². The summed E-state index contributed by atoms with van der Waals surface area (Å²) in [6.45, 7) is 3.80. The van der Waals surface area contributed by atoms with Crippen molar-refractivity contribution in [3.05, 3.63) is 30.3 Å². The smallest absolute Gasteiger partial charge is 0.298 e. The van der Waals surface area contributed by atoms with Crippen LogP contribution >= 0.6 is 0 Å². The first-order valence-corrected chi connectivity index (χ1v) is 3.33. The van der Waals surface area contributed by atoms with Gasteiger partial charge in [0.25, 0.3) is 6.47 Å². The zero-order valence-corrected chi connectivity index (χ0v) is 6.36. The fourth-order valence-corrected chi connectivity index (χ4v) is 0.804. The highest BCUT2D eigenvalue weighted by molar-refractivity contribution is 5.57. The lowest BCUT2D eigenvalue weighted by Gasteiger charge is -2.01. The van der Waals surface area contributed by atoms with Gasteiger partial charge in [-0.15, -0.1) is 0 Å². The summed E-state index contributed by atoms with van der Waals surface area (Å²) >= 11 is 0. The second-order valence-corrected chi connectivity index (χ2v) is 2.15. The van der Waals surface area contributed by atoms with Crippen LogP contribution in [0.2, 0.25) is 0 Å². The first-order valence-electron chi connectivity index (χ1n) is 3.33. The van der Waals surface area contributed by atoms with Crippen LogP contribution in [-0.2, 0) is 4.79 Å². The molecule has 0 aliphatic carbocycles. The number of phenols is 1. The average molecular weight is 164 g/mol. The molecule has 62 valence electrons. The topological polar surface area (TPSA) is 46.5 Å². The molecule has 1 aromatic rings. The molecule has 0 aliphatic heterocycles. The number of rotatable bonds is 3. The van der Waals surface area contributed by atoms with Gasteiger partial charge in [-0.05, 0) is 17.7 Å². The molecule has 0 aromatic heterocycles. The highest BCUT2D eigenvalue weighted by Crippen LogP contribution is 2.26. The molecular weight excluding hydrogens is 156 g/mol. The Balaban J connectivity index is 3.06. The van der Waals surface area contributed by atoms with Gasteiger partial charge in [0.15, 0.2) is 11.5 Å². The predicted octanol–water partition coefficient (Wildman–Crippen LogP) is 1.57. The Morgan fingerprint density at radius 3 is 2.83 bits per heavy atom. The molecule has 12 heavy (non-hydrogen) atoms. The van der Waals surface area contributed by atoms with Gasteiger partial charge in [0.05, 0.1) is 0 Å². The third kappa shape index (κ3) is 1.63. The lowest BCUT2D eigenvalue weighted by atomic mass is 10.2. The molecule has 0 radical (unpaired) electrons. The van der Waals surface area contributed by atoms with Gasteiger partial charge in [0.2, 0.25) is 0 Å². The maximum absolute atomic E-state index is 9.97. The van der Waals surface area contributed by atoms with Crippen molar-refractivity contribution in [3.8, 4) is 11.5 Å². The quantitative estimate of drug-likeness (QED) is 0.690. The van der Waals surface area contributed by atoms with E-state index in [2.05, 4.69) is 11.3 Å². The minimum Gasteiger partial charge on any atom is -0.504 e. The maximum Gasteiger partial charge on any atom is 0.298 e. The summed E-state index contributed by atoms with van der Waals surface area (Å²) in [6.07, 6.45) is 1.59. The van der Waals surface area contributed by atoms with Crippen molar-refractivity contribution >= 4 is 12.5 Å². The van der Waals surface area contributed by atoms with Crippen LogP contribution in [0.3, 0.4) is 0 Å². The number of aromatic hydroxyl groups is 1. The Labute approximate surface area is 69.9 Å². The maximum atomic E-state index is 9.97. The number of hydrogen-bond donors (Lipinski definition) is 1. The van der Waals surface area contributed by atoms with Crippen LogP contribution in [0.1, 0.15) is 5.56 Å². The Hall–Kier alpha value is -1.77. The third-order valence-corrected chi connectivity index (χ3v) is 1.39.